The predicted molar refractivity (Wildman–Crippen MR) is 95.3 cm³/mol. The Bertz CT molecular complexity index is 811. The molecule has 7 nitrogen and oxygen atoms in total. The van der Waals surface area contributed by atoms with Crippen molar-refractivity contribution in [1.29, 1.82) is 0 Å². The normalized spacial score (nSPS) is 22.2. The van der Waals surface area contributed by atoms with Crippen molar-refractivity contribution in [3.8, 4) is 0 Å². The predicted octanol–water partition coefficient (Wildman–Crippen LogP) is 2.07. The van der Waals surface area contributed by atoms with Crippen LogP contribution < -0.4 is 10.6 Å². The van der Waals surface area contributed by atoms with E-state index in [0.29, 0.717) is 18.7 Å². The number of carbonyl (C=O) groups excluding carboxylic acids is 1. The topological polar surface area (TPSA) is 81.1 Å². The Morgan fingerprint density at radius 1 is 1.38 bits per heavy atom. The average Bonchev–Trinajstić information content (AvgIpc) is 3.25. The molecule has 1 amide bonds. The zero-order valence-electron chi connectivity index (χ0n) is 13.9. The number of ether oxygens (including phenoxy) is 1. The molecule has 1 saturated heterocycles. The summed E-state index contributed by atoms with van der Waals surface area (Å²) in [5, 5.41) is 13.7. The molecule has 26 heavy (non-hydrogen) atoms. The van der Waals surface area contributed by atoms with Crippen LogP contribution in [-0.2, 0) is 11.3 Å². The molecule has 2 aliphatic rings. The van der Waals surface area contributed by atoms with E-state index in [9.17, 15) is 9.18 Å². The van der Waals surface area contributed by atoms with E-state index in [0.717, 1.165) is 24.1 Å². The summed E-state index contributed by atoms with van der Waals surface area (Å²) in [4.78, 5) is 11.8. The second-order valence-electron chi connectivity index (χ2n) is 6.08. The molecule has 0 radical (unpaired) electrons. The number of hydrogen-bond acceptors (Lipinski definition) is 5. The van der Waals surface area contributed by atoms with Gasteiger partial charge in [0.1, 0.15) is 11.9 Å². The van der Waals surface area contributed by atoms with E-state index in [-0.39, 0.29) is 18.2 Å². The second kappa shape index (κ2) is 7.84. The van der Waals surface area contributed by atoms with Gasteiger partial charge in [0.2, 0.25) is 0 Å². The van der Waals surface area contributed by atoms with E-state index in [1.807, 2.05) is 12.1 Å². The largest absolute Gasteiger partial charge is 0.442 e. The molecule has 0 saturated carbocycles. The summed E-state index contributed by atoms with van der Waals surface area (Å²) >= 11 is 0. The fourth-order valence-corrected chi connectivity index (χ4v) is 3.38. The molecule has 1 aromatic carbocycles. The van der Waals surface area contributed by atoms with Gasteiger partial charge in [-0.15, -0.1) is 17.5 Å². The van der Waals surface area contributed by atoms with Crippen molar-refractivity contribution < 1.29 is 13.9 Å². The standard InChI is InChI=1S/C17H18FN5O2.ClH/c18-13-3-1-2-12(15(13)11-4-6-19-7-5-11)16-14(25-17(24)21-16)10-23-9-8-20-22-23;/h1-4,8-9,14,16,19H,5-7,10H2,(H,21,24);1H. The zero-order valence-corrected chi connectivity index (χ0v) is 14.7. The van der Waals surface area contributed by atoms with E-state index in [1.54, 1.807) is 23.1 Å². The van der Waals surface area contributed by atoms with Gasteiger partial charge in [0, 0.05) is 18.3 Å². The Labute approximate surface area is 156 Å². The summed E-state index contributed by atoms with van der Waals surface area (Å²) in [6.45, 7) is 1.86. The van der Waals surface area contributed by atoms with Gasteiger partial charge in [-0.3, -0.25) is 0 Å². The Kier molecular flexibility index (Phi) is 5.53. The van der Waals surface area contributed by atoms with E-state index >= 15 is 0 Å². The van der Waals surface area contributed by atoms with Crippen LogP contribution >= 0.6 is 12.4 Å². The van der Waals surface area contributed by atoms with Crippen molar-refractivity contribution in [1.82, 2.24) is 25.6 Å². The molecule has 2 N–H and O–H groups in total. The fraction of sp³-hybridized carbons (Fsp3) is 0.353. The maximum atomic E-state index is 14.6. The number of amides is 1. The first-order chi connectivity index (χ1) is 12.2. The summed E-state index contributed by atoms with van der Waals surface area (Å²) < 4.78 is 21.6. The number of cyclic esters (lactones) is 1. The van der Waals surface area contributed by atoms with Crippen molar-refractivity contribution in [2.45, 2.75) is 25.1 Å². The first-order valence-electron chi connectivity index (χ1n) is 8.22. The van der Waals surface area contributed by atoms with Crippen LogP contribution in [0, 0.1) is 5.82 Å². The Hall–Kier alpha value is -2.45. The van der Waals surface area contributed by atoms with Gasteiger partial charge in [-0.05, 0) is 30.2 Å². The molecule has 1 aromatic heterocycles. The van der Waals surface area contributed by atoms with Crippen LogP contribution in [0.2, 0.25) is 0 Å². The lowest BCUT2D eigenvalue weighted by molar-refractivity contribution is 0.117. The monoisotopic (exact) mass is 379 g/mol. The van der Waals surface area contributed by atoms with Crippen LogP contribution in [0.15, 0.2) is 36.7 Å². The minimum atomic E-state index is -0.510. The molecule has 138 valence electrons. The third-order valence-corrected chi connectivity index (χ3v) is 4.51. The molecular formula is C17H19ClFN5O2. The van der Waals surface area contributed by atoms with Gasteiger partial charge in [0.15, 0.2) is 0 Å². The first-order valence-corrected chi connectivity index (χ1v) is 8.22. The summed E-state index contributed by atoms with van der Waals surface area (Å²) in [5.41, 5.74) is 2.24. The van der Waals surface area contributed by atoms with E-state index in [4.69, 9.17) is 4.74 Å². The van der Waals surface area contributed by atoms with Crippen molar-refractivity contribution in [2.75, 3.05) is 13.1 Å². The number of benzene rings is 1. The van der Waals surface area contributed by atoms with Gasteiger partial charge in [-0.25, -0.2) is 13.9 Å². The molecule has 2 aromatic rings. The lowest BCUT2D eigenvalue weighted by atomic mass is 9.89. The molecule has 2 unspecified atom stereocenters. The fourth-order valence-electron chi connectivity index (χ4n) is 3.38. The summed E-state index contributed by atoms with van der Waals surface area (Å²) in [6.07, 6.45) is 5.00. The molecule has 4 rings (SSSR count). The maximum absolute atomic E-state index is 14.6. The molecule has 2 aliphatic heterocycles. The third-order valence-electron chi connectivity index (χ3n) is 4.51. The minimum Gasteiger partial charge on any atom is -0.442 e. The van der Waals surface area contributed by atoms with Gasteiger partial charge in [-0.2, -0.15) is 0 Å². The Morgan fingerprint density at radius 3 is 3.00 bits per heavy atom. The number of nitrogens with one attached hydrogen (secondary N) is 2. The lowest BCUT2D eigenvalue weighted by Gasteiger charge is -2.23. The quantitative estimate of drug-likeness (QED) is 0.850. The van der Waals surface area contributed by atoms with Gasteiger partial charge >= 0.3 is 6.09 Å². The Morgan fingerprint density at radius 2 is 2.27 bits per heavy atom. The maximum Gasteiger partial charge on any atom is 0.408 e. The summed E-state index contributed by atoms with van der Waals surface area (Å²) in [5.74, 6) is -0.286. The molecular weight excluding hydrogens is 361 g/mol. The number of nitrogens with zero attached hydrogens (tertiary/aromatic N) is 3. The van der Waals surface area contributed by atoms with Crippen LogP contribution in [-0.4, -0.2) is 40.3 Å². The zero-order chi connectivity index (χ0) is 17.2. The highest BCUT2D eigenvalue weighted by molar-refractivity contribution is 5.85. The minimum absolute atomic E-state index is 0. The van der Waals surface area contributed by atoms with Crippen molar-refractivity contribution in [3.63, 3.8) is 0 Å². The first kappa shape index (κ1) is 18.3. The van der Waals surface area contributed by atoms with Crippen LogP contribution in [0.1, 0.15) is 23.6 Å². The van der Waals surface area contributed by atoms with E-state index < -0.39 is 18.2 Å². The van der Waals surface area contributed by atoms with Gasteiger partial charge in [-0.1, -0.05) is 23.4 Å². The van der Waals surface area contributed by atoms with Crippen LogP contribution in [0.25, 0.3) is 5.57 Å². The van der Waals surface area contributed by atoms with Crippen LogP contribution in [0.3, 0.4) is 0 Å². The molecule has 3 heterocycles. The number of alkyl carbamates (subject to hydrolysis) is 1. The molecule has 0 aliphatic carbocycles. The molecule has 1 fully saturated rings. The lowest BCUT2D eigenvalue weighted by Crippen LogP contribution is -2.28. The second-order valence-corrected chi connectivity index (χ2v) is 6.08. The van der Waals surface area contributed by atoms with E-state index in [1.165, 1.54) is 6.07 Å². The van der Waals surface area contributed by atoms with Gasteiger partial charge < -0.3 is 15.4 Å². The van der Waals surface area contributed by atoms with Crippen molar-refractivity contribution in [2.24, 2.45) is 0 Å². The highest BCUT2D eigenvalue weighted by Gasteiger charge is 2.37. The third kappa shape index (κ3) is 3.56. The smallest absolute Gasteiger partial charge is 0.408 e. The number of aromatic nitrogens is 3. The Balaban J connectivity index is 0.00000196. The number of rotatable bonds is 4. The molecule has 0 bridgehead atoms. The van der Waals surface area contributed by atoms with Crippen molar-refractivity contribution >= 4 is 24.1 Å². The molecule has 9 heteroatoms. The highest BCUT2D eigenvalue weighted by Crippen LogP contribution is 2.34. The summed E-state index contributed by atoms with van der Waals surface area (Å²) in [7, 11) is 0. The van der Waals surface area contributed by atoms with E-state index in [2.05, 4.69) is 20.9 Å². The van der Waals surface area contributed by atoms with Crippen LogP contribution in [0.5, 0.6) is 0 Å². The average molecular weight is 380 g/mol. The number of hydrogen-bond donors (Lipinski definition) is 2. The molecule has 2 atom stereocenters. The van der Waals surface area contributed by atoms with Gasteiger partial charge in [0.25, 0.3) is 0 Å². The summed E-state index contributed by atoms with van der Waals surface area (Å²) in [6, 6.07) is 4.51. The van der Waals surface area contributed by atoms with Gasteiger partial charge in [0.05, 0.1) is 18.8 Å². The SMILES string of the molecule is Cl.O=C1NC(c2cccc(F)c2C2=CCNCC2)C(Cn2ccnn2)O1. The highest BCUT2D eigenvalue weighted by atomic mass is 35.5. The van der Waals surface area contributed by atoms with Crippen LogP contribution in [0.4, 0.5) is 9.18 Å². The molecule has 0 spiro atoms. The van der Waals surface area contributed by atoms with Crippen molar-refractivity contribution in [3.05, 3.63) is 53.6 Å². The number of carbonyl (C=O) groups is 1. The number of halogens is 2.